The summed E-state index contributed by atoms with van der Waals surface area (Å²) in [5.74, 6) is -0.0332. The van der Waals surface area contributed by atoms with E-state index in [9.17, 15) is 4.79 Å². The van der Waals surface area contributed by atoms with Crippen LogP contribution in [0.2, 0.25) is 5.15 Å². The minimum absolute atomic E-state index is 0.00231. The summed E-state index contributed by atoms with van der Waals surface area (Å²) in [4.78, 5) is 13.4. The van der Waals surface area contributed by atoms with E-state index >= 15 is 0 Å². The standard InChI is InChI=1S/C4H3ClN2O2/c5-3-2(1-8)9-4(6)7-3/h1H,(H2,6,7). The van der Waals surface area contributed by atoms with Gasteiger partial charge >= 0.3 is 0 Å². The number of carbonyl (C=O) groups is 1. The van der Waals surface area contributed by atoms with Gasteiger partial charge in [0.15, 0.2) is 11.4 Å². The highest BCUT2D eigenvalue weighted by molar-refractivity contribution is 6.31. The molecule has 0 unspecified atom stereocenters. The minimum atomic E-state index is -0.0953. The zero-order valence-electron chi connectivity index (χ0n) is 4.30. The number of carbonyl (C=O) groups excluding carboxylic acids is 1. The SMILES string of the molecule is Nc1nc(Cl)c(C=O)o1. The van der Waals surface area contributed by atoms with Crippen molar-refractivity contribution in [2.75, 3.05) is 5.73 Å². The van der Waals surface area contributed by atoms with Crippen LogP contribution in [-0.2, 0) is 0 Å². The quantitative estimate of drug-likeness (QED) is 0.593. The fraction of sp³-hybridized carbons (Fsp3) is 0. The molecule has 5 heteroatoms. The molecule has 0 aromatic carbocycles. The van der Waals surface area contributed by atoms with E-state index in [1.54, 1.807) is 0 Å². The number of nitrogens with two attached hydrogens (primary N) is 1. The van der Waals surface area contributed by atoms with Crippen molar-refractivity contribution in [2.45, 2.75) is 0 Å². The number of nitrogens with zero attached hydrogens (tertiary/aromatic N) is 1. The highest BCUT2D eigenvalue weighted by atomic mass is 35.5. The van der Waals surface area contributed by atoms with Crippen molar-refractivity contribution in [3.63, 3.8) is 0 Å². The third-order valence-electron chi connectivity index (χ3n) is 0.733. The third kappa shape index (κ3) is 1.02. The van der Waals surface area contributed by atoms with Crippen molar-refractivity contribution < 1.29 is 9.21 Å². The van der Waals surface area contributed by atoms with Crippen LogP contribution in [0.4, 0.5) is 6.01 Å². The van der Waals surface area contributed by atoms with E-state index < -0.39 is 0 Å². The Kier molecular flexibility index (Phi) is 1.40. The van der Waals surface area contributed by atoms with E-state index in [0.717, 1.165) is 0 Å². The van der Waals surface area contributed by atoms with E-state index in [1.165, 1.54) is 0 Å². The normalized spacial score (nSPS) is 9.44. The van der Waals surface area contributed by atoms with Crippen LogP contribution >= 0.6 is 11.6 Å². The van der Waals surface area contributed by atoms with Crippen LogP contribution in [0.3, 0.4) is 0 Å². The summed E-state index contributed by atoms with van der Waals surface area (Å²) in [7, 11) is 0. The molecule has 4 nitrogen and oxygen atoms in total. The maximum atomic E-state index is 9.97. The molecular formula is C4H3ClN2O2. The van der Waals surface area contributed by atoms with Crippen LogP contribution < -0.4 is 5.73 Å². The third-order valence-corrected chi connectivity index (χ3v) is 1.00. The van der Waals surface area contributed by atoms with Gasteiger partial charge in [-0.2, -0.15) is 4.98 Å². The lowest BCUT2D eigenvalue weighted by atomic mass is 10.6. The number of hydrogen-bond acceptors (Lipinski definition) is 4. The predicted molar refractivity (Wildman–Crippen MR) is 31.3 cm³/mol. The Morgan fingerprint density at radius 3 is 2.67 bits per heavy atom. The van der Waals surface area contributed by atoms with Crippen LogP contribution in [0.25, 0.3) is 0 Å². The smallest absolute Gasteiger partial charge is 0.294 e. The molecule has 0 spiro atoms. The molecule has 0 amide bonds. The monoisotopic (exact) mass is 146 g/mol. The first-order chi connectivity index (χ1) is 4.24. The molecule has 1 aromatic heterocycles. The van der Waals surface area contributed by atoms with Crippen molar-refractivity contribution in [1.29, 1.82) is 0 Å². The summed E-state index contributed by atoms with van der Waals surface area (Å²) in [6, 6.07) is -0.0953. The molecule has 0 fully saturated rings. The predicted octanol–water partition coefficient (Wildman–Crippen LogP) is 0.723. The average Bonchev–Trinajstić information content (AvgIpc) is 2.10. The van der Waals surface area contributed by atoms with E-state index in [-0.39, 0.29) is 16.9 Å². The molecule has 9 heavy (non-hydrogen) atoms. The van der Waals surface area contributed by atoms with Crippen LogP contribution in [0.1, 0.15) is 10.6 Å². The summed E-state index contributed by atoms with van der Waals surface area (Å²) in [5.41, 5.74) is 5.03. The average molecular weight is 147 g/mol. The first-order valence-electron chi connectivity index (χ1n) is 2.11. The van der Waals surface area contributed by atoms with Gasteiger partial charge < -0.3 is 10.2 Å². The largest absolute Gasteiger partial charge is 0.419 e. The Morgan fingerprint density at radius 2 is 2.44 bits per heavy atom. The lowest BCUT2D eigenvalue weighted by Crippen LogP contribution is -1.80. The molecule has 2 N–H and O–H groups in total. The zero-order valence-corrected chi connectivity index (χ0v) is 5.05. The van der Waals surface area contributed by atoms with Crippen LogP contribution in [0, 0.1) is 0 Å². The van der Waals surface area contributed by atoms with Crippen molar-refractivity contribution in [3.05, 3.63) is 10.9 Å². The van der Waals surface area contributed by atoms with Crippen LogP contribution in [-0.4, -0.2) is 11.3 Å². The van der Waals surface area contributed by atoms with Gasteiger partial charge in [0.2, 0.25) is 5.76 Å². The van der Waals surface area contributed by atoms with Gasteiger partial charge in [0.1, 0.15) is 0 Å². The van der Waals surface area contributed by atoms with Gasteiger partial charge in [-0.25, -0.2) is 0 Å². The molecule has 0 radical (unpaired) electrons. The van der Waals surface area contributed by atoms with E-state index in [4.69, 9.17) is 17.3 Å². The van der Waals surface area contributed by atoms with Crippen LogP contribution in [0.15, 0.2) is 4.42 Å². The summed E-state index contributed by atoms with van der Waals surface area (Å²) in [5, 5.41) is 0.00231. The molecule has 0 aliphatic carbocycles. The second-order valence-electron chi connectivity index (χ2n) is 1.33. The first kappa shape index (κ1) is 6.10. The van der Waals surface area contributed by atoms with E-state index in [2.05, 4.69) is 9.40 Å². The Bertz CT molecular complexity index is 232. The maximum Gasteiger partial charge on any atom is 0.294 e. The molecule has 0 atom stereocenters. The highest BCUT2D eigenvalue weighted by Gasteiger charge is 2.05. The van der Waals surface area contributed by atoms with Gasteiger partial charge in [0.05, 0.1) is 0 Å². The topological polar surface area (TPSA) is 69.1 Å². The van der Waals surface area contributed by atoms with Gasteiger partial charge in [-0.1, -0.05) is 11.6 Å². The second kappa shape index (κ2) is 2.06. The second-order valence-corrected chi connectivity index (χ2v) is 1.68. The van der Waals surface area contributed by atoms with E-state index in [0.29, 0.717) is 6.29 Å². The summed E-state index contributed by atoms with van der Waals surface area (Å²) >= 11 is 5.33. The number of rotatable bonds is 1. The molecule has 0 bridgehead atoms. The summed E-state index contributed by atoms with van der Waals surface area (Å²) in [6.07, 6.45) is 0.450. The molecule has 1 aromatic rings. The maximum absolute atomic E-state index is 9.97. The minimum Gasteiger partial charge on any atom is -0.419 e. The van der Waals surface area contributed by atoms with Gasteiger partial charge in [0.25, 0.3) is 6.01 Å². The lowest BCUT2D eigenvalue weighted by molar-refractivity contribution is 0.110. The molecule has 0 aliphatic rings. The molecule has 1 rings (SSSR count). The number of halogens is 1. The van der Waals surface area contributed by atoms with Crippen LogP contribution in [0.5, 0.6) is 0 Å². The molecule has 0 saturated heterocycles. The Labute approximate surface area is 55.6 Å². The fourth-order valence-corrected chi connectivity index (χ4v) is 0.569. The summed E-state index contributed by atoms with van der Waals surface area (Å²) < 4.78 is 4.53. The molecule has 48 valence electrons. The van der Waals surface area contributed by atoms with Gasteiger partial charge in [-0.15, -0.1) is 0 Å². The van der Waals surface area contributed by atoms with Gasteiger partial charge in [-0.3, -0.25) is 4.79 Å². The zero-order chi connectivity index (χ0) is 6.85. The first-order valence-corrected chi connectivity index (χ1v) is 2.49. The summed E-state index contributed by atoms with van der Waals surface area (Å²) in [6.45, 7) is 0. The molecular weight excluding hydrogens is 144 g/mol. The van der Waals surface area contributed by atoms with Crippen molar-refractivity contribution in [3.8, 4) is 0 Å². The number of anilines is 1. The molecule has 0 aliphatic heterocycles. The highest BCUT2D eigenvalue weighted by Crippen LogP contribution is 2.14. The van der Waals surface area contributed by atoms with Gasteiger partial charge in [-0.05, 0) is 0 Å². The number of nitrogen functional groups attached to an aromatic ring is 1. The Morgan fingerprint density at radius 1 is 1.78 bits per heavy atom. The number of aromatic nitrogens is 1. The fourth-order valence-electron chi connectivity index (χ4n) is 0.402. The molecule has 0 saturated carbocycles. The number of aldehydes is 1. The van der Waals surface area contributed by atoms with E-state index in [1.807, 2.05) is 0 Å². The van der Waals surface area contributed by atoms with Gasteiger partial charge in [0, 0.05) is 0 Å². The number of oxazole rings is 1. The lowest BCUT2D eigenvalue weighted by Gasteiger charge is -1.74. The number of hydrogen-bond donors (Lipinski definition) is 1. The van der Waals surface area contributed by atoms with Crippen molar-refractivity contribution in [1.82, 2.24) is 4.98 Å². The molecule has 1 heterocycles. The Hall–Kier alpha value is -1.03. The van der Waals surface area contributed by atoms with Crippen molar-refractivity contribution >= 4 is 23.9 Å². The Balaban J connectivity index is 3.15. The van der Waals surface area contributed by atoms with Crippen molar-refractivity contribution in [2.24, 2.45) is 0 Å².